The lowest BCUT2D eigenvalue weighted by atomic mass is 9.83. The van der Waals surface area contributed by atoms with Crippen LogP contribution in [0.2, 0.25) is 0 Å². The number of aromatic hydroxyl groups is 1. The summed E-state index contributed by atoms with van der Waals surface area (Å²) >= 11 is 0. The van der Waals surface area contributed by atoms with Crippen LogP contribution in [-0.4, -0.2) is 76.8 Å². The quantitative estimate of drug-likeness (QED) is 0.409. The van der Waals surface area contributed by atoms with Crippen molar-refractivity contribution in [3.8, 4) is 11.5 Å². The number of rotatable bonds is 8. The maximum absolute atomic E-state index is 13.0. The summed E-state index contributed by atoms with van der Waals surface area (Å²) in [6.45, 7) is 7.72. The molecule has 0 saturated carbocycles. The minimum absolute atomic E-state index is 0. The van der Waals surface area contributed by atoms with Gasteiger partial charge in [0.1, 0.15) is 23.9 Å². The Kier molecular flexibility index (Phi) is 10.7. The predicted molar refractivity (Wildman–Crippen MR) is 162 cm³/mol. The number of benzene rings is 1. The van der Waals surface area contributed by atoms with E-state index in [4.69, 9.17) is 9.15 Å². The molecule has 2 bridgehead atoms. The van der Waals surface area contributed by atoms with Crippen molar-refractivity contribution < 1.29 is 18.7 Å². The van der Waals surface area contributed by atoms with Gasteiger partial charge in [-0.3, -0.25) is 24.3 Å². The van der Waals surface area contributed by atoms with Gasteiger partial charge in [0, 0.05) is 76.1 Å². The Hall–Kier alpha value is -2.89. The number of fused-ring (bicyclic) bond motifs is 4. The minimum Gasteiger partial charge on any atom is -0.502 e. The predicted octanol–water partition coefficient (Wildman–Crippen LogP) is 3.31. The molecule has 6 rings (SSSR count). The summed E-state index contributed by atoms with van der Waals surface area (Å²) in [5, 5.41) is 10.5. The summed E-state index contributed by atoms with van der Waals surface area (Å²) in [5.74, 6) is 1.58. The molecule has 3 aliphatic rings. The van der Waals surface area contributed by atoms with E-state index in [0.29, 0.717) is 42.9 Å². The van der Waals surface area contributed by atoms with Crippen molar-refractivity contribution in [2.75, 3.05) is 52.4 Å². The number of piperazine rings is 1. The van der Waals surface area contributed by atoms with Gasteiger partial charge in [-0.05, 0) is 42.7 Å². The molecule has 9 nitrogen and oxygen atoms in total. The third kappa shape index (κ3) is 7.36. The van der Waals surface area contributed by atoms with Crippen LogP contribution in [0, 0.1) is 11.7 Å². The second-order valence-electron chi connectivity index (χ2n) is 11.2. The number of likely N-dealkylation sites (tertiary alicyclic amines) is 1. The topological polar surface area (TPSA) is 91.4 Å². The van der Waals surface area contributed by atoms with Crippen LogP contribution in [0.4, 0.5) is 4.39 Å². The standard InChI is InChI=1S/C30H35FN4O5.2ClH/c31-23-4-6-24(7-5-23)39-13-12-32-8-10-33(11-9-32)20-28-30(38)27(36)15-25(40-28)19-34-16-21-14-22(18-34)26-2-1-3-29(37)35(26)17-21;;/h1-7,15,21-22,38H,8-14,16-20H2;2*1H/t21-,22+;;/m1../s1. The van der Waals surface area contributed by atoms with Gasteiger partial charge in [-0.15, -0.1) is 24.8 Å². The third-order valence-corrected chi connectivity index (χ3v) is 8.30. The molecule has 1 aromatic carbocycles. The second-order valence-corrected chi connectivity index (χ2v) is 11.2. The summed E-state index contributed by atoms with van der Waals surface area (Å²) in [7, 11) is 0. The average molecular weight is 624 g/mol. The highest BCUT2D eigenvalue weighted by Gasteiger charge is 2.34. The van der Waals surface area contributed by atoms with Crippen LogP contribution in [0.1, 0.15) is 29.6 Å². The van der Waals surface area contributed by atoms with E-state index >= 15 is 0 Å². The van der Waals surface area contributed by atoms with Crippen molar-refractivity contribution in [3.05, 3.63) is 92.1 Å². The number of halogens is 3. The lowest BCUT2D eigenvalue weighted by Gasteiger charge is -2.42. The van der Waals surface area contributed by atoms with Crippen LogP contribution in [0.5, 0.6) is 11.5 Å². The number of ether oxygens (including phenoxy) is 1. The van der Waals surface area contributed by atoms with E-state index in [0.717, 1.165) is 64.5 Å². The molecule has 2 saturated heterocycles. The van der Waals surface area contributed by atoms with Gasteiger partial charge >= 0.3 is 0 Å². The number of piperidine rings is 1. The van der Waals surface area contributed by atoms with Gasteiger partial charge in [0.25, 0.3) is 5.56 Å². The molecule has 3 aromatic rings. The molecule has 5 heterocycles. The zero-order valence-corrected chi connectivity index (χ0v) is 25.0. The fourth-order valence-corrected chi connectivity index (χ4v) is 6.32. The highest BCUT2D eigenvalue weighted by molar-refractivity contribution is 5.85. The minimum atomic E-state index is -0.415. The van der Waals surface area contributed by atoms with Gasteiger partial charge < -0.3 is 18.8 Å². The van der Waals surface area contributed by atoms with Crippen molar-refractivity contribution in [2.24, 2.45) is 5.92 Å². The molecule has 3 aliphatic heterocycles. The van der Waals surface area contributed by atoms with E-state index in [2.05, 4.69) is 14.7 Å². The average Bonchev–Trinajstić information content (AvgIpc) is 2.94. The Morgan fingerprint density at radius 3 is 2.40 bits per heavy atom. The smallest absolute Gasteiger partial charge is 0.250 e. The summed E-state index contributed by atoms with van der Waals surface area (Å²) in [6.07, 6.45) is 1.06. The van der Waals surface area contributed by atoms with Crippen molar-refractivity contribution in [1.82, 2.24) is 19.3 Å². The molecular formula is C30H37Cl2FN4O5. The van der Waals surface area contributed by atoms with Gasteiger partial charge in [-0.2, -0.15) is 0 Å². The van der Waals surface area contributed by atoms with E-state index in [1.54, 1.807) is 18.2 Å². The molecule has 228 valence electrons. The molecule has 0 spiro atoms. The van der Waals surface area contributed by atoms with Crippen LogP contribution in [0.25, 0.3) is 0 Å². The van der Waals surface area contributed by atoms with Crippen LogP contribution >= 0.6 is 24.8 Å². The highest BCUT2D eigenvalue weighted by atomic mass is 35.5. The first kappa shape index (κ1) is 32.0. The second kappa shape index (κ2) is 14.1. The number of hydrogen-bond donors (Lipinski definition) is 1. The summed E-state index contributed by atoms with van der Waals surface area (Å²) in [5.41, 5.74) is 0.735. The molecular weight excluding hydrogens is 586 g/mol. The van der Waals surface area contributed by atoms with Gasteiger partial charge in [-0.25, -0.2) is 4.39 Å². The fraction of sp³-hybridized carbons (Fsp3) is 0.467. The van der Waals surface area contributed by atoms with E-state index in [1.807, 2.05) is 16.7 Å². The number of pyridine rings is 1. The van der Waals surface area contributed by atoms with Gasteiger partial charge in [0.2, 0.25) is 11.2 Å². The van der Waals surface area contributed by atoms with E-state index in [-0.39, 0.29) is 47.9 Å². The number of aromatic nitrogens is 1. The molecule has 0 unspecified atom stereocenters. The molecule has 12 heteroatoms. The fourth-order valence-electron chi connectivity index (χ4n) is 6.32. The number of hydrogen-bond acceptors (Lipinski definition) is 8. The van der Waals surface area contributed by atoms with Crippen LogP contribution in [0.3, 0.4) is 0 Å². The molecule has 42 heavy (non-hydrogen) atoms. The van der Waals surface area contributed by atoms with Gasteiger partial charge in [0.15, 0.2) is 5.76 Å². The molecule has 0 radical (unpaired) electrons. The first-order valence-corrected chi connectivity index (χ1v) is 14.0. The molecule has 0 aliphatic carbocycles. The maximum atomic E-state index is 13.0. The molecule has 1 N–H and O–H groups in total. The highest BCUT2D eigenvalue weighted by Crippen LogP contribution is 2.35. The molecule has 2 atom stereocenters. The Balaban J connectivity index is 0.00000202. The van der Waals surface area contributed by atoms with Crippen molar-refractivity contribution >= 4 is 24.8 Å². The maximum Gasteiger partial charge on any atom is 0.250 e. The first-order valence-electron chi connectivity index (χ1n) is 14.0. The lowest BCUT2D eigenvalue weighted by molar-refractivity contribution is 0.0975. The zero-order valence-electron chi connectivity index (χ0n) is 23.3. The van der Waals surface area contributed by atoms with Gasteiger partial charge in [-0.1, -0.05) is 6.07 Å². The van der Waals surface area contributed by atoms with Crippen LogP contribution in [-0.2, 0) is 19.6 Å². The summed E-state index contributed by atoms with van der Waals surface area (Å²) in [4.78, 5) is 31.7. The first-order chi connectivity index (χ1) is 19.4. The Morgan fingerprint density at radius 2 is 1.64 bits per heavy atom. The van der Waals surface area contributed by atoms with E-state index in [9.17, 15) is 19.1 Å². The molecule has 0 amide bonds. The molecule has 2 aromatic heterocycles. The normalized spacial score (nSPS) is 20.7. The summed E-state index contributed by atoms with van der Waals surface area (Å²) in [6, 6.07) is 12.9. The Labute approximate surface area is 256 Å². The lowest BCUT2D eigenvalue weighted by Crippen LogP contribution is -2.47. The SMILES string of the molecule is Cl.Cl.O=c1cc(CN2C[C@H]3C[C@@H](C2)c2cccc(=O)n2C3)oc(CN2CCN(CCOc3ccc(F)cc3)CC2)c1O. The van der Waals surface area contributed by atoms with E-state index < -0.39 is 5.43 Å². The Bertz CT molecular complexity index is 1460. The van der Waals surface area contributed by atoms with Gasteiger partial charge in [0.05, 0.1) is 13.1 Å². The Morgan fingerprint density at radius 1 is 0.905 bits per heavy atom. The largest absolute Gasteiger partial charge is 0.502 e. The number of nitrogens with zero attached hydrogens (tertiary/aromatic N) is 4. The molecule has 2 fully saturated rings. The third-order valence-electron chi connectivity index (χ3n) is 8.30. The van der Waals surface area contributed by atoms with Crippen molar-refractivity contribution in [3.63, 3.8) is 0 Å². The van der Waals surface area contributed by atoms with Crippen LogP contribution in [0.15, 0.2) is 62.5 Å². The zero-order chi connectivity index (χ0) is 27.6. The van der Waals surface area contributed by atoms with Crippen molar-refractivity contribution in [1.29, 1.82) is 0 Å². The summed E-state index contributed by atoms with van der Waals surface area (Å²) < 4.78 is 26.8. The monoisotopic (exact) mass is 622 g/mol. The van der Waals surface area contributed by atoms with E-state index in [1.165, 1.54) is 18.2 Å². The van der Waals surface area contributed by atoms with Crippen LogP contribution < -0.4 is 15.7 Å². The van der Waals surface area contributed by atoms with Crippen molar-refractivity contribution in [2.45, 2.75) is 32.0 Å².